The van der Waals surface area contributed by atoms with Gasteiger partial charge in [-0.05, 0) is 25.1 Å². The van der Waals surface area contributed by atoms with Gasteiger partial charge in [-0.2, -0.15) is 5.10 Å². The molecule has 2 heterocycles. The van der Waals surface area contributed by atoms with Crippen molar-refractivity contribution in [3.63, 3.8) is 0 Å². The maximum absolute atomic E-state index is 11.9. The van der Waals surface area contributed by atoms with Gasteiger partial charge in [0, 0.05) is 17.7 Å². The first kappa shape index (κ1) is 19.0. The number of ether oxygens (including phenoxy) is 2. The summed E-state index contributed by atoms with van der Waals surface area (Å²) in [5.74, 6) is -0.621. The number of non-ortho nitro benzene ring substituents is 1. The highest BCUT2D eigenvalue weighted by molar-refractivity contribution is 6.33. The van der Waals surface area contributed by atoms with E-state index in [1.807, 2.05) is 0 Å². The molecule has 0 spiro atoms. The van der Waals surface area contributed by atoms with Crippen LogP contribution in [0.3, 0.4) is 0 Å². The van der Waals surface area contributed by atoms with Crippen molar-refractivity contribution in [1.82, 2.24) is 5.43 Å². The van der Waals surface area contributed by atoms with E-state index in [0.717, 1.165) is 0 Å². The summed E-state index contributed by atoms with van der Waals surface area (Å²) in [6, 6.07) is 7.27. The largest absolute Gasteiger partial charge is 0.455 e. The van der Waals surface area contributed by atoms with Crippen LogP contribution < -0.4 is 5.43 Å². The van der Waals surface area contributed by atoms with Crippen LogP contribution in [-0.4, -0.2) is 36.0 Å². The number of amides is 1. The summed E-state index contributed by atoms with van der Waals surface area (Å²) in [6.45, 7) is 2.58. The Kier molecular flexibility index (Phi) is 5.54. The van der Waals surface area contributed by atoms with E-state index in [2.05, 4.69) is 10.5 Å². The lowest BCUT2D eigenvalue weighted by atomic mass is 10.1. The minimum absolute atomic E-state index is 0.0109. The van der Waals surface area contributed by atoms with Gasteiger partial charge in [-0.25, -0.2) is 5.43 Å². The third-order valence-electron chi connectivity index (χ3n) is 3.81. The van der Waals surface area contributed by atoms with Crippen molar-refractivity contribution in [3.05, 3.63) is 51.2 Å². The van der Waals surface area contributed by atoms with Crippen LogP contribution in [0.1, 0.15) is 19.1 Å². The molecule has 1 aromatic heterocycles. The number of hydrazone groups is 1. The number of carbonyl (C=O) groups excluding carboxylic acids is 1. The maximum atomic E-state index is 11.9. The molecular formula is C17H16ClN3O6. The number of furan rings is 1. The Morgan fingerprint density at radius 1 is 1.37 bits per heavy atom. The molecule has 0 saturated carbocycles. The number of carbonyl (C=O) groups is 1. The van der Waals surface area contributed by atoms with Gasteiger partial charge in [0.15, 0.2) is 5.79 Å². The zero-order valence-electron chi connectivity index (χ0n) is 14.3. The van der Waals surface area contributed by atoms with Crippen LogP contribution in [0.5, 0.6) is 0 Å². The fourth-order valence-electron chi connectivity index (χ4n) is 2.54. The highest BCUT2D eigenvalue weighted by atomic mass is 35.5. The van der Waals surface area contributed by atoms with E-state index >= 15 is 0 Å². The SMILES string of the molecule is CC1(CC(=O)N/N=C\c2ccc(-c3cc([N+](=O)[O-])ccc3Cl)o2)OCCO1. The number of nitro benzene ring substituents is 1. The molecule has 1 aliphatic heterocycles. The molecule has 10 heteroatoms. The minimum atomic E-state index is -0.934. The Morgan fingerprint density at radius 2 is 2.11 bits per heavy atom. The summed E-state index contributed by atoms with van der Waals surface area (Å²) in [5.41, 5.74) is 2.65. The van der Waals surface area contributed by atoms with Gasteiger partial charge in [0.05, 0.1) is 35.8 Å². The molecule has 1 aromatic carbocycles. The Balaban J connectivity index is 1.64. The van der Waals surface area contributed by atoms with Crippen LogP contribution in [0.25, 0.3) is 11.3 Å². The molecule has 0 radical (unpaired) electrons. The molecule has 1 fully saturated rings. The Morgan fingerprint density at radius 3 is 2.81 bits per heavy atom. The standard InChI is InChI=1S/C17H16ClN3O6/c1-17(25-6-7-26-17)9-16(22)20-19-10-12-3-5-15(27-12)13-8-11(21(23)24)2-4-14(13)18/h2-5,8,10H,6-7,9H2,1H3,(H,20,22)/b19-10-. The first-order valence-corrected chi connectivity index (χ1v) is 8.38. The van der Waals surface area contributed by atoms with Crippen molar-refractivity contribution in [2.75, 3.05) is 13.2 Å². The van der Waals surface area contributed by atoms with Crippen LogP contribution in [-0.2, 0) is 14.3 Å². The van der Waals surface area contributed by atoms with Crippen molar-refractivity contribution in [2.24, 2.45) is 5.10 Å². The van der Waals surface area contributed by atoms with E-state index in [1.165, 1.54) is 24.4 Å². The number of nitrogens with one attached hydrogen (secondary N) is 1. The first-order chi connectivity index (χ1) is 12.9. The molecule has 9 nitrogen and oxygen atoms in total. The van der Waals surface area contributed by atoms with Gasteiger partial charge in [-0.15, -0.1) is 0 Å². The van der Waals surface area contributed by atoms with E-state index in [1.54, 1.807) is 19.1 Å². The van der Waals surface area contributed by atoms with E-state index in [0.29, 0.717) is 35.3 Å². The lowest BCUT2D eigenvalue weighted by Gasteiger charge is -2.20. The summed E-state index contributed by atoms with van der Waals surface area (Å²) >= 11 is 6.09. The molecule has 0 bridgehead atoms. The number of benzene rings is 1. The van der Waals surface area contributed by atoms with Crippen molar-refractivity contribution in [1.29, 1.82) is 0 Å². The Labute approximate surface area is 159 Å². The fourth-order valence-corrected chi connectivity index (χ4v) is 2.75. The zero-order chi connectivity index (χ0) is 19.4. The fraction of sp³-hybridized carbons (Fsp3) is 0.294. The second-order valence-electron chi connectivity index (χ2n) is 5.92. The number of nitrogens with zero attached hydrogens (tertiary/aromatic N) is 2. The number of halogens is 1. The summed E-state index contributed by atoms with van der Waals surface area (Å²) in [5, 5.41) is 15.0. The number of nitro groups is 1. The monoisotopic (exact) mass is 393 g/mol. The molecule has 1 saturated heterocycles. The molecule has 0 atom stereocenters. The van der Waals surface area contributed by atoms with Crippen molar-refractivity contribution in [2.45, 2.75) is 19.1 Å². The van der Waals surface area contributed by atoms with Gasteiger partial charge in [0.1, 0.15) is 11.5 Å². The number of hydrogen-bond acceptors (Lipinski definition) is 7. The highest BCUT2D eigenvalue weighted by Crippen LogP contribution is 2.32. The molecule has 1 N–H and O–H groups in total. The normalized spacial score (nSPS) is 15.9. The number of rotatable bonds is 6. The zero-order valence-corrected chi connectivity index (χ0v) is 15.1. The molecular weight excluding hydrogens is 378 g/mol. The number of hydrogen-bond donors (Lipinski definition) is 1. The molecule has 0 unspecified atom stereocenters. The van der Waals surface area contributed by atoms with Crippen LogP contribution in [0.15, 0.2) is 39.9 Å². The topological polar surface area (TPSA) is 116 Å². The third kappa shape index (κ3) is 4.70. The molecule has 3 rings (SSSR count). The average Bonchev–Trinajstić information content (AvgIpc) is 3.24. The third-order valence-corrected chi connectivity index (χ3v) is 4.14. The lowest BCUT2D eigenvalue weighted by Crippen LogP contribution is -2.33. The smallest absolute Gasteiger partial charge is 0.270 e. The van der Waals surface area contributed by atoms with E-state index < -0.39 is 10.7 Å². The predicted octanol–water partition coefficient (Wildman–Crippen LogP) is 3.11. The first-order valence-electron chi connectivity index (χ1n) is 8.00. The predicted molar refractivity (Wildman–Crippen MR) is 96.5 cm³/mol. The molecule has 0 aliphatic carbocycles. The van der Waals surface area contributed by atoms with Gasteiger partial charge in [0.2, 0.25) is 5.91 Å². The highest BCUT2D eigenvalue weighted by Gasteiger charge is 2.33. The van der Waals surface area contributed by atoms with Gasteiger partial charge < -0.3 is 13.9 Å². The second kappa shape index (κ2) is 7.87. The summed E-state index contributed by atoms with van der Waals surface area (Å²) in [7, 11) is 0. The van der Waals surface area contributed by atoms with E-state index in [4.69, 9.17) is 25.5 Å². The van der Waals surface area contributed by atoms with Crippen molar-refractivity contribution < 1.29 is 23.6 Å². The van der Waals surface area contributed by atoms with Crippen molar-refractivity contribution >= 4 is 29.4 Å². The van der Waals surface area contributed by atoms with Crippen molar-refractivity contribution in [3.8, 4) is 11.3 Å². The van der Waals surface area contributed by atoms with Crippen LogP contribution >= 0.6 is 11.6 Å². The average molecular weight is 394 g/mol. The lowest BCUT2D eigenvalue weighted by molar-refractivity contribution is -0.384. The summed E-state index contributed by atoms with van der Waals surface area (Å²) < 4.78 is 16.3. The minimum Gasteiger partial charge on any atom is -0.455 e. The van der Waals surface area contributed by atoms with Crippen LogP contribution in [0.2, 0.25) is 5.02 Å². The van der Waals surface area contributed by atoms with Gasteiger partial charge in [0.25, 0.3) is 5.69 Å². The second-order valence-corrected chi connectivity index (χ2v) is 6.33. The Bertz CT molecular complexity index is 889. The van der Waals surface area contributed by atoms with Gasteiger partial charge in [-0.1, -0.05) is 11.6 Å². The molecule has 1 aliphatic rings. The summed E-state index contributed by atoms with van der Waals surface area (Å²) in [6.07, 6.45) is 1.32. The molecule has 2 aromatic rings. The summed E-state index contributed by atoms with van der Waals surface area (Å²) in [4.78, 5) is 22.3. The van der Waals surface area contributed by atoms with Gasteiger partial charge >= 0.3 is 0 Å². The molecule has 27 heavy (non-hydrogen) atoms. The Hall–Kier alpha value is -2.75. The molecule has 142 valence electrons. The van der Waals surface area contributed by atoms with Crippen LogP contribution in [0.4, 0.5) is 5.69 Å². The van der Waals surface area contributed by atoms with Gasteiger partial charge in [-0.3, -0.25) is 14.9 Å². The van der Waals surface area contributed by atoms with Crippen LogP contribution in [0, 0.1) is 10.1 Å². The molecule has 1 amide bonds. The van der Waals surface area contributed by atoms with E-state index in [-0.39, 0.29) is 18.0 Å². The van der Waals surface area contributed by atoms with E-state index in [9.17, 15) is 14.9 Å². The maximum Gasteiger partial charge on any atom is 0.270 e. The quantitative estimate of drug-likeness (QED) is 0.458.